The summed E-state index contributed by atoms with van der Waals surface area (Å²) in [6.45, 7) is 2.02. The molecule has 2 aliphatic rings. The molecule has 1 fully saturated rings. The van der Waals surface area contributed by atoms with E-state index in [0.717, 1.165) is 12.0 Å². The van der Waals surface area contributed by atoms with Crippen LogP contribution >= 0.6 is 0 Å². The van der Waals surface area contributed by atoms with E-state index in [9.17, 15) is 4.79 Å². The zero-order valence-electron chi connectivity index (χ0n) is 14.1. The molecule has 1 heteroatoms. The van der Waals surface area contributed by atoms with Crippen molar-refractivity contribution in [3.8, 4) is 0 Å². The second-order valence-corrected chi connectivity index (χ2v) is 7.53. The fourth-order valence-corrected chi connectivity index (χ4v) is 4.22. The third kappa shape index (κ3) is 5.60. The summed E-state index contributed by atoms with van der Waals surface area (Å²) in [5.41, 5.74) is 1.27. The lowest BCUT2D eigenvalue weighted by atomic mass is 9.77. The second-order valence-electron chi connectivity index (χ2n) is 7.53. The molecule has 0 atom stereocenters. The van der Waals surface area contributed by atoms with Crippen LogP contribution in [0.25, 0.3) is 0 Å². The molecular formula is C20H34O. The average molecular weight is 290 g/mol. The van der Waals surface area contributed by atoms with Crippen molar-refractivity contribution in [2.45, 2.75) is 103 Å². The standard InChI is InChI=1S/C20H34O/c1-18-16-20(17-19(18)21)14-12-10-8-6-4-2-3-5-7-9-11-13-15-20/h16H,2-15,17H2,1H3. The van der Waals surface area contributed by atoms with Gasteiger partial charge in [0.1, 0.15) is 0 Å². The number of rotatable bonds is 0. The lowest BCUT2D eigenvalue weighted by molar-refractivity contribution is -0.116. The highest BCUT2D eigenvalue weighted by Gasteiger charge is 2.35. The van der Waals surface area contributed by atoms with Gasteiger partial charge in [0.05, 0.1) is 0 Å². The molecule has 21 heavy (non-hydrogen) atoms. The average Bonchev–Trinajstić information content (AvgIpc) is 2.74. The number of allylic oxidation sites excluding steroid dienone is 2. The van der Waals surface area contributed by atoms with E-state index in [-0.39, 0.29) is 5.41 Å². The van der Waals surface area contributed by atoms with Crippen molar-refractivity contribution in [2.75, 3.05) is 0 Å². The number of Topliss-reactive ketones (excluding diaryl/α,β-unsaturated/α-hetero) is 1. The van der Waals surface area contributed by atoms with Gasteiger partial charge in [-0.15, -0.1) is 0 Å². The second kappa shape index (κ2) is 8.76. The van der Waals surface area contributed by atoms with Crippen LogP contribution < -0.4 is 0 Å². The third-order valence-electron chi connectivity index (χ3n) is 5.57. The fourth-order valence-electron chi connectivity index (χ4n) is 4.22. The molecule has 2 aliphatic carbocycles. The van der Waals surface area contributed by atoms with E-state index in [0.29, 0.717) is 5.78 Å². The van der Waals surface area contributed by atoms with Crippen LogP contribution in [-0.4, -0.2) is 5.78 Å². The molecule has 0 amide bonds. The van der Waals surface area contributed by atoms with Crippen molar-refractivity contribution in [1.29, 1.82) is 0 Å². The normalized spacial score (nSPS) is 26.1. The molecule has 0 saturated heterocycles. The largest absolute Gasteiger partial charge is 0.295 e. The molecule has 1 saturated carbocycles. The van der Waals surface area contributed by atoms with Gasteiger partial charge in [-0.05, 0) is 30.8 Å². The summed E-state index contributed by atoms with van der Waals surface area (Å²) >= 11 is 0. The van der Waals surface area contributed by atoms with Crippen LogP contribution in [0.15, 0.2) is 11.6 Å². The van der Waals surface area contributed by atoms with Gasteiger partial charge in [-0.25, -0.2) is 0 Å². The van der Waals surface area contributed by atoms with E-state index in [1.807, 2.05) is 6.92 Å². The highest BCUT2D eigenvalue weighted by Crippen LogP contribution is 2.43. The lowest BCUT2D eigenvalue weighted by Gasteiger charge is -2.27. The van der Waals surface area contributed by atoms with Crippen molar-refractivity contribution in [1.82, 2.24) is 0 Å². The van der Waals surface area contributed by atoms with Gasteiger partial charge in [-0.1, -0.05) is 83.1 Å². The molecule has 0 heterocycles. The van der Waals surface area contributed by atoms with Crippen LogP contribution in [0.2, 0.25) is 0 Å². The SMILES string of the molecule is CC1=CC2(CCCCCCCCCCCCCC2)CC1=O. The third-order valence-corrected chi connectivity index (χ3v) is 5.57. The van der Waals surface area contributed by atoms with Gasteiger partial charge in [-0.2, -0.15) is 0 Å². The Hall–Kier alpha value is -0.590. The summed E-state index contributed by atoms with van der Waals surface area (Å²) in [7, 11) is 0. The van der Waals surface area contributed by atoms with E-state index in [4.69, 9.17) is 0 Å². The topological polar surface area (TPSA) is 17.1 Å². The predicted molar refractivity (Wildman–Crippen MR) is 90.5 cm³/mol. The number of hydrogen-bond acceptors (Lipinski definition) is 1. The fraction of sp³-hybridized carbons (Fsp3) is 0.850. The number of carbonyl (C=O) groups is 1. The molecule has 120 valence electrons. The van der Waals surface area contributed by atoms with Gasteiger partial charge >= 0.3 is 0 Å². The van der Waals surface area contributed by atoms with E-state index >= 15 is 0 Å². The van der Waals surface area contributed by atoms with Crippen LogP contribution in [0.4, 0.5) is 0 Å². The smallest absolute Gasteiger partial charge is 0.159 e. The van der Waals surface area contributed by atoms with Crippen molar-refractivity contribution < 1.29 is 4.79 Å². The molecule has 0 radical (unpaired) electrons. The Morgan fingerprint density at radius 2 is 1.10 bits per heavy atom. The van der Waals surface area contributed by atoms with Crippen molar-refractivity contribution in [2.24, 2.45) is 5.41 Å². The van der Waals surface area contributed by atoms with Crippen molar-refractivity contribution >= 4 is 5.78 Å². The Morgan fingerprint density at radius 3 is 1.43 bits per heavy atom. The summed E-state index contributed by atoms with van der Waals surface area (Å²) < 4.78 is 0. The first-order chi connectivity index (χ1) is 10.2. The molecule has 1 nitrogen and oxygen atoms in total. The molecule has 0 aliphatic heterocycles. The monoisotopic (exact) mass is 290 g/mol. The molecule has 0 aromatic heterocycles. The zero-order valence-corrected chi connectivity index (χ0v) is 14.1. The maximum Gasteiger partial charge on any atom is 0.159 e. The number of carbonyl (C=O) groups excluding carboxylic acids is 1. The molecule has 0 N–H and O–H groups in total. The Labute approximate surface area is 131 Å². The van der Waals surface area contributed by atoms with Gasteiger partial charge in [0.2, 0.25) is 0 Å². The van der Waals surface area contributed by atoms with Gasteiger partial charge in [0.15, 0.2) is 5.78 Å². The van der Waals surface area contributed by atoms with Gasteiger partial charge in [0.25, 0.3) is 0 Å². The maximum atomic E-state index is 12.0. The van der Waals surface area contributed by atoms with Crippen molar-refractivity contribution in [3.05, 3.63) is 11.6 Å². The van der Waals surface area contributed by atoms with Gasteiger partial charge < -0.3 is 0 Å². The maximum absolute atomic E-state index is 12.0. The Balaban J connectivity index is 1.88. The highest BCUT2D eigenvalue weighted by atomic mass is 16.1. The minimum absolute atomic E-state index is 0.237. The van der Waals surface area contributed by atoms with Gasteiger partial charge in [0, 0.05) is 6.42 Å². The summed E-state index contributed by atoms with van der Waals surface area (Å²) in [6.07, 6.45) is 22.4. The predicted octanol–water partition coefficient (Wildman–Crippen LogP) is 6.37. The van der Waals surface area contributed by atoms with Crippen LogP contribution in [0, 0.1) is 5.41 Å². The molecular weight excluding hydrogens is 256 g/mol. The van der Waals surface area contributed by atoms with E-state index in [1.54, 1.807) is 0 Å². The van der Waals surface area contributed by atoms with Crippen LogP contribution in [0.3, 0.4) is 0 Å². The first kappa shape index (κ1) is 16.8. The quantitative estimate of drug-likeness (QED) is 0.507. The summed E-state index contributed by atoms with van der Waals surface area (Å²) in [4.78, 5) is 12.0. The van der Waals surface area contributed by atoms with E-state index in [1.165, 1.54) is 89.9 Å². The van der Waals surface area contributed by atoms with Crippen LogP contribution in [0.1, 0.15) is 103 Å². The summed E-state index contributed by atoms with van der Waals surface area (Å²) in [5, 5.41) is 0. The van der Waals surface area contributed by atoms with E-state index in [2.05, 4.69) is 6.08 Å². The summed E-state index contributed by atoms with van der Waals surface area (Å²) in [6, 6.07) is 0. The molecule has 1 spiro atoms. The highest BCUT2D eigenvalue weighted by molar-refractivity contribution is 5.98. The Morgan fingerprint density at radius 1 is 0.714 bits per heavy atom. The van der Waals surface area contributed by atoms with Crippen LogP contribution in [-0.2, 0) is 4.79 Å². The molecule has 0 aromatic carbocycles. The molecule has 0 unspecified atom stereocenters. The Kier molecular flexibility index (Phi) is 6.99. The van der Waals surface area contributed by atoms with Gasteiger partial charge in [-0.3, -0.25) is 4.79 Å². The number of hydrogen-bond donors (Lipinski definition) is 0. The first-order valence-electron chi connectivity index (χ1n) is 9.45. The summed E-state index contributed by atoms with van der Waals surface area (Å²) in [5.74, 6) is 0.410. The minimum atomic E-state index is 0.237. The van der Waals surface area contributed by atoms with Crippen LogP contribution in [0.5, 0.6) is 0 Å². The lowest BCUT2D eigenvalue weighted by Crippen LogP contribution is -2.17. The Bertz CT molecular complexity index is 337. The minimum Gasteiger partial charge on any atom is -0.295 e. The zero-order chi connectivity index (χ0) is 15.0. The molecule has 0 bridgehead atoms. The van der Waals surface area contributed by atoms with Crippen molar-refractivity contribution in [3.63, 3.8) is 0 Å². The number of ketones is 1. The first-order valence-corrected chi connectivity index (χ1v) is 9.45. The molecule has 0 aromatic rings. The van der Waals surface area contributed by atoms with E-state index < -0.39 is 0 Å². The molecule has 2 rings (SSSR count).